The molecule has 1 N–H and O–H groups in total. The van der Waals surface area contributed by atoms with Gasteiger partial charge in [0.2, 0.25) is 0 Å². The molecule has 0 bridgehead atoms. The van der Waals surface area contributed by atoms with Crippen LogP contribution in [-0.4, -0.2) is 19.9 Å². The normalized spacial score (nSPS) is 11.5. The van der Waals surface area contributed by atoms with Crippen LogP contribution >= 0.6 is 0 Å². The zero-order valence-corrected chi connectivity index (χ0v) is 14.9. The van der Waals surface area contributed by atoms with Crippen LogP contribution in [-0.2, 0) is 0 Å². The first-order valence-corrected chi connectivity index (χ1v) is 8.77. The number of rotatable bonds is 4. The third kappa shape index (κ3) is 3.51. The van der Waals surface area contributed by atoms with Gasteiger partial charge in [-0.1, -0.05) is 60.7 Å². The van der Waals surface area contributed by atoms with E-state index in [4.69, 9.17) is 10.1 Å². The molecule has 0 aliphatic carbocycles. The Labute approximate surface area is 158 Å². The third-order valence-corrected chi connectivity index (χ3v) is 4.29. The molecule has 0 spiro atoms. The van der Waals surface area contributed by atoms with Gasteiger partial charge in [-0.2, -0.15) is 0 Å². The van der Waals surface area contributed by atoms with Crippen molar-refractivity contribution in [2.24, 2.45) is 0 Å². The number of phenols is 1. The third-order valence-electron chi connectivity index (χ3n) is 4.29. The molecule has 4 rings (SSSR count). The van der Waals surface area contributed by atoms with Gasteiger partial charge in [-0.15, -0.1) is 5.10 Å². The minimum Gasteiger partial charge on any atom is -0.507 e. The minimum absolute atomic E-state index is 0.179. The highest BCUT2D eigenvalue weighted by molar-refractivity contribution is 5.78. The molecule has 0 unspecified atom stereocenters. The summed E-state index contributed by atoms with van der Waals surface area (Å²) in [6, 6.07) is 27.1. The predicted octanol–water partition coefficient (Wildman–Crippen LogP) is 5.20. The summed E-state index contributed by atoms with van der Waals surface area (Å²) >= 11 is 0. The molecule has 0 amide bonds. The fraction of sp³-hybridized carbons (Fsp3) is 0.0435. The Kier molecular flexibility index (Phi) is 4.54. The average Bonchev–Trinajstić information content (AvgIpc) is 3.15. The highest BCUT2D eigenvalue weighted by atomic mass is 16.3. The zero-order chi connectivity index (χ0) is 18.6. The summed E-state index contributed by atoms with van der Waals surface area (Å²) in [5, 5.41) is 15.0. The van der Waals surface area contributed by atoms with Crippen LogP contribution in [0.1, 0.15) is 18.3 Å². The van der Waals surface area contributed by atoms with Gasteiger partial charge in [0.05, 0.1) is 11.3 Å². The standard InChI is InChI=1S/C23H19N3O/c1-17(16-18-10-4-2-5-11-18)22-24-23(20-14-8-9-15-21(20)27)26(25-22)19-12-6-3-7-13-19/h2-16,27H,1H3. The van der Waals surface area contributed by atoms with E-state index in [1.807, 2.05) is 79.7 Å². The van der Waals surface area contributed by atoms with Gasteiger partial charge in [0.25, 0.3) is 0 Å². The number of aromatic hydroxyl groups is 1. The Balaban J connectivity index is 1.86. The Morgan fingerprint density at radius 1 is 0.852 bits per heavy atom. The lowest BCUT2D eigenvalue weighted by Gasteiger charge is -2.06. The van der Waals surface area contributed by atoms with Crippen LogP contribution in [0.4, 0.5) is 0 Å². The minimum atomic E-state index is 0.179. The number of allylic oxidation sites excluding steroid dienone is 1. The van der Waals surface area contributed by atoms with Crippen LogP contribution in [0, 0.1) is 0 Å². The number of hydrogen-bond donors (Lipinski definition) is 1. The van der Waals surface area contributed by atoms with Crippen molar-refractivity contribution >= 4 is 11.6 Å². The quantitative estimate of drug-likeness (QED) is 0.548. The maximum absolute atomic E-state index is 10.3. The largest absolute Gasteiger partial charge is 0.507 e. The van der Waals surface area contributed by atoms with Gasteiger partial charge >= 0.3 is 0 Å². The van der Waals surface area contributed by atoms with E-state index < -0.39 is 0 Å². The summed E-state index contributed by atoms with van der Waals surface area (Å²) < 4.78 is 1.77. The van der Waals surface area contributed by atoms with Crippen LogP contribution in [0.3, 0.4) is 0 Å². The van der Waals surface area contributed by atoms with Crippen LogP contribution in [0.25, 0.3) is 28.7 Å². The fourth-order valence-electron chi connectivity index (χ4n) is 2.93. The molecule has 4 aromatic rings. The van der Waals surface area contributed by atoms with Crippen molar-refractivity contribution in [3.05, 3.63) is 96.3 Å². The number of hydrogen-bond acceptors (Lipinski definition) is 3. The predicted molar refractivity (Wildman–Crippen MR) is 108 cm³/mol. The van der Waals surface area contributed by atoms with E-state index in [0.29, 0.717) is 17.2 Å². The number of aromatic nitrogens is 3. The molecule has 1 aromatic heterocycles. The molecule has 0 saturated heterocycles. The van der Waals surface area contributed by atoms with Crippen molar-refractivity contribution in [2.75, 3.05) is 0 Å². The van der Waals surface area contributed by atoms with E-state index in [9.17, 15) is 5.11 Å². The molecular weight excluding hydrogens is 334 g/mol. The highest BCUT2D eigenvalue weighted by Crippen LogP contribution is 2.30. The van der Waals surface area contributed by atoms with Crippen molar-refractivity contribution in [2.45, 2.75) is 6.92 Å². The molecule has 132 valence electrons. The van der Waals surface area contributed by atoms with Crippen molar-refractivity contribution in [1.82, 2.24) is 14.8 Å². The van der Waals surface area contributed by atoms with Crippen LogP contribution in [0.15, 0.2) is 84.9 Å². The second-order valence-electron chi connectivity index (χ2n) is 6.26. The van der Waals surface area contributed by atoms with E-state index in [0.717, 1.165) is 16.8 Å². The van der Waals surface area contributed by atoms with Crippen molar-refractivity contribution < 1.29 is 5.11 Å². The first kappa shape index (κ1) is 16.8. The zero-order valence-electron chi connectivity index (χ0n) is 14.9. The molecule has 4 nitrogen and oxygen atoms in total. The van der Waals surface area contributed by atoms with Gasteiger partial charge in [0.15, 0.2) is 11.6 Å². The second-order valence-corrected chi connectivity index (χ2v) is 6.26. The molecule has 4 heteroatoms. The Bertz CT molecular complexity index is 1080. The van der Waals surface area contributed by atoms with Crippen LogP contribution in [0.2, 0.25) is 0 Å². The molecule has 0 aliphatic rings. The number of benzene rings is 3. The number of para-hydroxylation sites is 2. The van der Waals surface area contributed by atoms with Gasteiger partial charge in [-0.05, 0) is 48.4 Å². The molecule has 0 atom stereocenters. The van der Waals surface area contributed by atoms with Crippen molar-refractivity contribution in [3.63, 3.8) is 0 Å². The van der Waals surface area contributed by atoms with Gasteiger partial charge in [0, 0.05) is 0 Å². The Morgan fingerprint density at radius 2 is 1.48 bits per heavy atom. The summed E-state index contributed by atoms with van der Waals surface area (Å²) in [5.41, 5.74) is 3.58. The van der Waals surface area contributed by atoms with E-state index in [1.54, 1.807) is 16.8 Å². The van der Waals surface area contributed by atoms with Crippen molar-refractivity contribution in [3.8, 4) is 22.8 Å². The van der Waals surface area contributed by atoms with E-state index in [2.05, 4.69) is 6.08 Å². The number of nitrogens with zero attached hydrogens (tertiary/aromatic N) is 3. The van der Waals surface area contributed by atoms with E-state index in [1.165, 1.54) is 0 Å². The maximum Gasteiger partial charge on any atom is 0.177 e. The first-order valence-electron chi connectivity index (χ1n) is 8.77. The molecule has 0 radical (unpaired) electrons. The topological polar surface area (TPSA) is 50.9 Å². The monoisotopic (exact) mass is 353 g/mol. The summed E-state index contributed by atoms with van der Waals surface area (Å²) in [7, 11) is 0. The number of phenolic OH excluding ortho intramolecular Hbond substituents is 1. The van der Waals surface area contributed by atoms with Gasteiger partial charge in [0.1, 0.15) is 5.75 Å². The average molecular weight is 353 g/mol. The summed E-state index contributed by atoms with van der Waals surface area (Å²) in [5.74, 6) is 1.41. The van der Waals surface area contributed by atoms with Gasteiger partial charge in [-0.25, -0.2) is 9.67 Å². The molecule has 1 heterocycles. The molecule has 0 saturated carbocycles. The SMILES string of the molecule is CC(=Cc1ccccc1)c1nc(-c2ccccc2O)n(-c2ccccc2)n1. The van der Waals surface area contributed by atoms with Crippen molar-refractivity contribution in [1.29, 1.82) is 0 Å². The smallest absolute Gasteiger partial charge is 0.177 e. The van der Waals surface area contributed by atoms with Crippen LogP contribution < -0.4 is 0 Å². The van der Waals surface area contributed by atoms with E-state index >= 15 is 0 Å². The molecular formula is C23H19N3O. The lowest BCUT2D eigenvalue weighted by atomic mass is 10.1. The lowest BCUT2D eigenvalue weighted by Crippen LogP contribution is -1.99. The summed E-state index contributed by atoms with van der Waals surface area (Å²) in [6.45, 7) is 1.99. The first-order chi connectivity index (χ1) is 13.2. The molecule has 27 heavy (non-hydrogen) atoms. The van der Waals surface area contributed by atoms with Crippen LogP contribution in [0.5, 0.6) is 5.75 Å². The summed E-state index contributed by atoms with van der Waals surface area (Å²) in [6.07, 6.45) is 2.05. The van der Waals surface area contributed by atoms with Gasteiger partial charge < -0.3 is 5.11 Å². The maximum atomic E-state index is 10.3. The molecule has 3 aromatic carbocycles. The Hall–Kier alpha value is -3.66. The lowest BCUT2D eigenvalue weighted by molar-refractivity contribution is 0.476. The summed E-state index contributed by atoms with van der Waals surface area (Å²) in [4.78, 5) is 4.74. The molecule has 0 fully saturated rings. The van der Waals surface area contributed by atoms with E-state index in [-0.39, 0.29) is 5.75 Å². The highest BCUT2D eigenvalue weighted by Gasteiger charge is 2.17. The fourth-order valence-corrected chi connectivity index (χ4v) is 2.93. The molecule has 0 aliphatic heterocycles. The second kappa shape index (κ2) is 7.30. The Morgan fingerprint density at radius 3 is 2.19 bits per heavy atom. The van der Waals surface area contributed by atoms with Gasteiger partial charge in [-0.3, -0.25) is 0 Å².